The molecule has 1 unspecified atom stereocenters. The smallest absolute Gasteiger partial charge is 0.136 e. The number of fused-ring (bicyclic) bond motifs is 11. The van der Waals surface area contributed by atoms with Gasteiger partial charge in [-0.3, -0.25) is 0 Å². The van der Waals surface area contributed by atoms with Gasteiger partial charge >= 0.3 is 0 Å². The van der Waals surface area contributed by atoms with Crippen LogP contribution in [-0.2, 0) is 12.8 Å². The van der Waals surface area contributed by atoms with E-state index in [0.717, 1.165) is 56.7 Å². The van der Waals surface area contributed by atoms with Crippen molar-refractivity contribution in [1.29, 1.82) is 0 Å². The lowest BCUT2D eigenvalue weighted by molar-refractivity contribution is 0.663. The van der Waals surface area contributed by atoms with Crippen molar-refractivity contribution in [3.8, 4) is 22.3 Å². The highest BCUT2D eigenvalue weighted by atomic mass is 16.3. The van der Waals surface area contributed by atoms with Gasteiger partial charge in [0.25, 0.3) is 0 Å². The number of nitrogens with zero attached hydrogens (tertiary/aromatic N) is 1. The highest BCUT2D eigenvalue weighted by Gasteiger charge is 2.37. The van der Waals surface area contributed by atoms with Gasteiger partial charge in [0.15, 0.2) is 0 Å². The first kappa shape index (κ1) is 22.4. The maximum Gasteiger partial charge on any atom is 0.136 e. The van der Waals surface area contributed by atoms with Crippen LogP contribution in [0.1, 0.15) is 11.1 Å². The van der Waals surface area contributed by atoms with Crippen molar-refractivity contribution in [1.82, 2.24) is 0 Å². The minimum atomic E-state index is 0.450. The van der Waals surface area contributed by atoms with Gasteiger partial charge in [-0.15, -0.1) is 0 Å². The van der Waals surface area contributed by atoms with Gasteiger partial charge in [0.2, 0.25) is 0 Å². The van der Waals surface area contributed by atoms with Crippen LogP contribution in [0.15, 0.2) is 130 Å². The largest absolute Gasteiger partial charge is 0.456 e. The first-order valence-electron chi connectivity index (χ1n) is 14.7. The Morgan fingerprint density at radius 3 is 1.81 bits per heavy atom. The molecular formula is C39H25NO2. The number of furan rings is 2. The Morgan fingerprint density at radius 1 is 0.429 bits per heavy atom. The molecule has 42 heavy (non-hydrogen) atoms. The molecule has 0 radical (unpaired) electrons. The van der Waals surface area contributed by atoms with Crippen LogP contribution in [0.3, 0.4) is 0 Å². The Bertz CT molecular complexity index is 2360. The Morgan fingerprint density at radius 2 is 1.00 bits per heavy atom. The Kier molecular flexibility index (Phi) is 4.35. The summed E-state index contributed by atoms with van der Waals surface area (Å²) in [7, 11) is 0. The lowest BCUT2D eigenvalue weighted by Gasteiger charge is -2.20. The van der Waals surface area contributed by atoms with E-state index >= 15 is 0 Å². The zero-order chi connectivity index (χ0) is 27.4. The molecular weight excluding hydrogens is 514 g/mol. The zero-order valence-electron chi connectivity index (χ0n) is 22.8. The molecule has 0 fully saturated rings. The highest BCUT2D eigenvalue weighted by Crippen LogP contribution is 2.49. The number of para-hydroxylation sites is 1. The first-order valence-corrected chi connectivity index (χ1v) is 14.7. The van der Waals surface area contributed by atoms with E-state index in [4.69, 9.17) is 8.83 Å². The molecule has 3 nitrogen and oxygen atoms in total. The van der Waals surface area contributed by atoms with Gasteiger partial charge in [0, 0.05) is 39.0 Å². The fraction of sp³-hybridized carbons (Fsp3) is 0.0769. The van der Waals surface area contributed by atoms with Gasteiger partial charge in [-0.2, -0.15) is 0 Å². The van der Waals surface area contributed by atoms with E-state index in [1.807, 2.05) is 12.1 Å². The molecule has 0 saturated carbocycles. The molecule has 2 aliphatic rings. The Labute approximate surface area is 242 Å². The van der Waals surface area contributed by atoms with Gasteiger partial charge in [-0.25, -0.2) is 0 Å². The molecule has 8 aromatic rings. The number of hydrogen-bond acceptors (Lipinski definition) is 3. The van der Waals surface area contributed by atoms with Crippen LogP contribution in [0.4, 0.5) is 11.4 Å². The third-order valence-corrected chi connectivity index (χ3v) is 9.37. The minimum absolute atomic E-state index is 0.450. The number of hydrogen-bond donors (Lipinski definition) is 0. The fourth-order valence-electron chi connectivity index (χ4n) is 7.39. The number of benzene rings is 6. The summed E-state index contributed by atoms with van der Waals surface area (Å²) in [6.45, 7) is 0. The van der Waals surface area contributed by atoms with Crippen molar-refractivity contribution in [3.05, 3.63) is 132 Å². The molecule has 198 valence electrons. The summed E-state index contributed by atoms with van der Waals surface area (Å²) in [5, 5.41) is 4.48. The van der Waals surface area contributed by atoms with Gasteiger partial charge in [0.05, 0.1) is 0 Å². The molecule has 0 amide bonds. The molecule has 0 aliphatic carbocycles. The normalized spacial score (nSPS) is 15.6. The average Bonchev–Trinajstić information content (AvgIpc) is 3.77. The van der Waals surface area contributed by atoms with Crippen molar-refractivity contribution in [2.45, 2.75) is 18.9 Å². The summed E-state index contributed by atoms with van der Waals surface area (Å²) in [4.78, 5) is 2.56. The average molecular weight is 540 g/mol. The van der Waals surface area contributed by atoms with Crippen molar-refractivity contribution in [2.75, 3.05) is 4.90 Å². The third-order valence-electron chi connectivity index (χ3n) is 9.37. The van der Waals surface area contributed by atoms with Crippen molar-refractivity contribution in [2.24, 2.45) is 0 Å². The highest BCUT2D eigenvalue weighted by molar-refractivity contribution is 6.15. The quantitative estimate of drug-likeness (QED) is 0.219. The molecule has 3 heteroatoms. The van der Waals surface area contributed by atoms with Gasteiger partial charge in [0.1, 0.15) is 22.3 Å². The topological polar surface area (TPSA) is 29.5 Å². The lowest BCUT2D eigenvalue weighted by Crippen LogP contribution is -2.22. The first-order chi connectivity index (χ1) is 20.8. The molecule has 1 atom stereocenters. The molecule has 10 rings (SSSR count). The summed E-state index contributed by atoms with van der Waals surface area (Å²) >= 11 is 0. The SMILES string of the molecule is c1ccc(-c2ccc(-c3ccc4c(c3)CC3Cc5cc6oc7cc8c(cc7c6cc5N43)oc3ccccc38)cc2)cc1. The second-order valence-electron chi connectivity index (χ2n) is 11.7. The maximum absolute atomic E-state index is 6.44. The summed E-state index contributed by atoms with van der Waals surface area (Å²) < 4.78 is 12.6. The van der Waals surface area contributed by atoms with Crippen LogP contribution in [0, 0.1) is 0 Å². The van der Waals surface area contributed by atoms with Crippen molar-refractivity contribution < 1.29 is 8.83 Å². The van der Waals surface area contributed by atoms with Crippen LogP contribution in [0.2, 0.25) is 0 Å². The van der Waals surface area contributed by atoms with E-state index in [1.165, 1.54) is 44.8 Å². The standard InChI is InChI=1S/C39H25NO2/c1-2-6-23(7-3-1)24-10-12-25(13-11-24)26-14-15-34-27(16-26)17-29-18-28-19-37-31(20-35(28)40(29)34)33-22-38-32(21-39(33)42-37)30-8-4-5-9-36(30)41-38/h1-16,19-22,29H,17-18H2. The number of rotatable bonds is 2. The van der Waals surface area contributed by atoms with E-state index < -0.39 is 0 Å². The second kappa shape index (κ2) is 8.14. The van der Waals surface area contributed by atoms with Crippen molar-refractivity contribution in [3.63, 3.8) is 0 Å². The zero-order valence-corrected chi connectivity index (χ0v) is 22.8. The summed E-state index contributed by atoms with van der Waals surface area (Å²) in [6, 6.07) is 44.1. The molecule has 0 N–H and O–H groups in total. The van der Waals surface area contributed by atoms with Crippen LogP contribution in [-0.4, -0.2) is 6.04 Å². The fourth-order valence-corrected chi connectivity index (χ4v) is 7.39. The number of anilines is 2. The summed E-state index contributed by atoms with van der Waals surface area (Å²) in [6.07, 6.45) is 2.09. The van der Waals surface area contributed by atoms with Crippen LogP contribution in [0.25, 0.3) is 66.1 Å². The molecule has 4 heterocycles. The van der Waals surface area contributed by atoms with E-state index in [9.17, 15) is 0 Å². The molecule has 0 bridgehead atoms. The van der Waals surface area contributed by atoms with E-state index in [-0.39, 0.29) is 0 Å². The monoisotopic (exact) mass is 539 g/mol. The summed E-state index contributed by atoms with van der Waals surface area (Å²) in [5.41, 5.74) is 14.1. The van der Waals surface area contributed by atoms with E-state index in [0.29, 0.717) is 6.04 Å². The Hall–Kier alpha value is -5.28. The van der Waals surface area contributed by atoms with Crippen LogP contribution >= 0.6 is 0 Å². The maximum atomic E-state index is 6.44. The van der Waals surface area contributed by atoms with Gasteiger partial charge in [-0.1, -0.05) is 78.9 Å². The third kappa shape index (κ3) is 3.11. The minimum Gasteiger partial charge on any atom is -0.456 e. The molecule has 0 saturated heterocycles. The van der Waals surface area contributed by atoms with Gasteiger partial charge in [-0.05, 0) is 88.7 Å². The molecule has 2 aliphatic heterocycles. The predicted molar refractivity (Wildman–Crippen MR) is 172 cm³/mol. The molecule has 2 aromatic heterocycles. The van der Waals surface area contributed by atoms with Gasteiger partial charge < -0.3 is 13.7 Å². The lowest BCUT2D eigenvalue weighted by atomic mass is 9.97. The van der Waals surface area contributed by atoms with E-state index in [2.05, 4.69) is 114 Å². The van der Waals surface area contributed by atoms with Crippen molar-refractivity contribution >= 4 is 55.3 Å². The Balaban J connectivity index is 1.04. The van der Waals surface area contributed by atoms with E-state index in [1.54, 1.807) is 0 Å². The summed E-state index contributed by atoms with van der Waals surface area (Å²) in [5.74, 6) is 0. The van der Waals surface area contributed by atoms with Crippen LogP contribution < -0.4 is 4.90 Å². The predicted octanol–water partition coefficient (Wildman–Crippen LogP) is 10.4. The second-order valence-corrected chi connectivity index (χ2v) is 11.7. The van der Waals surface area contributed by atoms with Crippen LogP contribution in [0.5, 0.6) is 0 Å². The molecule has 6 aromatic carbocycles. The molecule has 0 spiro atoms.